The molecule has 0 aliphatic carbocycles. The molecule has 1 aliphatic heterocycles. The van der Waals surface area contributed by atoms with E-state index in [1.165, 1.54) is 32.7 Å². The van der Waals surface area contributed by atoms with E-state index in [2.05, 4.69) is 34.6 Å². The second kappa shape index (κ2) is 5.34. The van der Waals surface area contributed by atoms with Crippen LogP contribution in [0, 0.1) is 34.6 Å². The van der Waals surface area contributed by atoms with Gasteiger partial charge in [-0.2, -0.15) is 0 Å². The van der Waals surface area contributed by atoms with Crippen molar-refractivity contribution in [2.24, 2.45) is 0 Å². The van der Waals surface area contributed by atoms with E-state index < -0.39 is 0 Å². The summed E-state index contributed by atoms with van der Waals surface area (Å²) in [6.45, 7) is 10.8. The Labute approximate surface area is 136 Å². The maximum Gasteiger partial charge on any atom is 0.261 e. The third kappa shape index (κ3) is 2.19. The Morgan fingerprint density at radius 3 is 1.52 bits per heavy atom. The molecule has 3 nitrogen and oxygen atoms in total. The highest BCUT2D eigenvalue weighted by Gasteiger charge is 2.35. The van der Waals surface area contributed by atoms with Crippen LogP contribution < -0.4 is 0 Å². The fourth-order valence-corrected chi connectivity index (χ4v) is 3.36. The van der Waals surface area contributed by atoms with Gasteiger partial charge in [-0.25, -0.2) is 0 Å². The predicted octanol–water partition coefficient (Wildman–Crippen LogP) is 4.02. The van der Waals surface area contributed by atoms with Gasteiger partial charge in [0.15, 0.2) is 0 Å². The van der Waals surface area contributed by atoms with E-state index in [4.69, 9.17) is 0 Å². The number of nitrogens with zero attached hydrogens (tertiary/aromatic N) is 1. The van der Waals surface area contributed by atoms with Gasteiger partial charge in [0.2, 0.25) is 0 Å². The van der Waals surface area contributed by atoms with E-state index in [9.17, 15) is 9.59 Å². The highest BCUT2D eigenvalue weighted by atomic mass is 16.2. The zero-order valence-corrected chi connectivity index (χ0v) is 14.3. The van der Waals surface area contributed by atoms with Crippen LogP contribution in [0.4, 0.5) is 0 Å². The third-order valence-electron chi connectivity index (χ3n) is 5.35. The maximum absolute atomic E-state index is 12.6. The Morgan fingerprint density at radius 2 is 1.09 bits per heavy atom. The first-order chi connectivity index (χ1) is 10.8. The summed E-state index contributed by atoms with van der Waals surface area (Å²) in [7, 11) is 0. The van der Waals surface area contributed by atoms with Crippen LogP contribution in [-0.2, 0) is 6.54 Å². The highest BCUT2D eigenvalue weighted by molar-refractivity contribution is 6.21. The van der Waals surface area contributed by atoms with Crippen molar-refractivity contribution in [3.05, 3.63) is 68.8 Å². The smallest absolute Gasteiger partial charge is 0.261 e. The van der Waals surface area contributed by atoms with Gasteiger partial charge in [0, 0.05) is 0 Å². The molecular weight excluding hydrogens is 286 g/mol. The van der Waals surface area contributed by atoms with Crippen LogP contribution in [-0.4, -0.2) is 16.7 Å². The van der Waals surface area contributed by atoms with Crippen LogP contribution in [0.3, 0.4) is 0 Å². The minimum absolute atomic E-state index is 0.194. The Bertz CT molecular complexity index is 785. The number of hydrogen-bond acceptors (Lipinski definition) is 2. The molecule has 0 atom stereocenters. The molecule has 2 aromatic rings. The first-order valence-electron chi connectivity index (χ1n) is 7.85. The van der Waals surface area contributed by atoms with Crippen molar-refractivity contribution in [2.75, 3.05) is 0 Å². The molecular formula is C20H21NO2. The number of benzene rings is 2. The Morgan fingerprint density at radius 1 is 0.696 bits per heavy atom. The molecule has 2 amide bonds. The lowest BCUT2D eigenvalue weighted by molar-refractivity contribution is 0.0642. The van der Waals surface area contributed by atoms with Crippen molar-refractivity contribution in [1.82, 2.24) is 4.90 Å². The summed E-state index contributed by atoms with van der Waals surface area (Å²) >= 11 is 0. The Kier molecular flexibility index (Phi) is 3.59. The van der Waals surface area contributed by atoms with E-state index >= 15 is 0 Å². The van der Waals surface area contributed by atoms with Gasteiger partial charge in [-0.15, -0.1) is 0 Å². The van der Waals surface area contributed by atoms with Crippen molar-refractivity contribution < 1.29 is 9.59 Å². The number of imide groups is 1. The van der Waals surface area contributed by atoms with Crippen molar-refractivity contribution >= 4 is 11.8 Å². The fraction of sp³-hybridized carbons (Fsp3) is 0.300. The Balaban J connectivity index is 2.05. The average Bonchev–Trinajstić information content (AvgIpc) is 2.80. The van der Waals surface area contributed by atoms with Crippen LogP contribution in [0.1, 0.15) is 54.1 Å². The molecule has 1 aliphatic rings. The largest absolute Gasteiger partial charge is 0.270 e. The average molecular weight is 307 g/mol. The summed E-state index contributed by atoms with van der Waals surface area (Å²) in [6, 6.07) is 7.04. The number of carbonyl (C=O) groups is 2. The molecule has 0 spiro atoms. The van der Waals surface area contributed by atoms with E-state index in [1.54, 1.807) is 24.3 Å². The van der Waals surface area contributed by atoms with E-state index in [0.717, 1.165) is 5.56 Å². The number of fused-ring (bicyclic) bond motifs is 1. The molecule has 0 unspecified atom stereocenters. The third-order valence-corrected chi connectivity index (χ3v) is 5.35. The molecule has 0 fully saturated rings. The summed E-state index contributed by atoms with van der Waals surface area (Å²) in [6.07, 6.45) is 0. The summed E-state index contributed by atoms with van der Waals surface area (Å²) in [5, 5.41) is 0. The minimum atomic E-state index is -0.194. The summed E-state index contributed by atoms with van der Waals surface area (Å²) in [5.74, 6) is -0.388. The van der Waals surface area contributed by atoms with Gasteiger partial charge in [-0.3, -0.25) is 14.5 Å². The summed E-state index contributed by atoms with van der Waals surface area (Å²) < 4.78 is 0. The van der Waals surface area contributed by atoms with Gasteiger partial charge < -0.3 is 0 Å². The monoisotopic (exact) mass is 307 g/mol. The SMILES string of the molecule is Cc1c(C)c(C)c(CN2C(=O)c3ccccc3C2=O)c(C)c1C. The van der Waals surface area contributed by atoms with Gasteiger partial charge in [-0.05, 0) is 80.1 Å². The second-order valence-corrected chi connectivity index (χ2v) is 6.35. The lowest BCUT2D eigenvalue weighted by Crippen LogP contribution is -2.30. The molecule has 0 aromatic heterocycles. The zero-order chi connectivity index (χ0) is 16.9. The predicted molar refractivity (Wildman–Crippen MR) is 90.8 cm³/mol. The molecule has 1 heterocycles. The van der Waals surface area contributed by atoms with Gasteiger partial charge >= 0.3 is 0 Å². The lowest BCUT2D eigenvalue weighted by Gasteiger charge is -2.22. The zero-order valence-electron chi connectivity index (χ0n) is 14.3. The van der Waals surface area contributed by atoms with Crippen molar-refractivity contribution in [2.45, 2.75) is 41.2 Å². The van der Waals surface area contributed by atoms with Crippen LogP contribution in [0.2, 0.25) is 0 Å². The van der Waals surface area contributed by atoms with Crippen LogP contribution in [0.15, 0.2) is 24.3 Å². The number of rotatable bonds is 2. The number of carbonyl (C=O) groups excluding carboxylic acids is 2. The first kappa shape index (κ1) is 15.5. The van der Waals surface area contributed by atoms with Gasteiger partial charge in [0.05, 0.1) is 17.7 Å². The Hall–Kier alpha value is -2.42. The maximum atomic E-state index is 12.6. The molecule has 0 bridgehead atoms. The molecule has 0 radical (unpaired) electrons. The number of hydrogen-bond donors (Lipinski definition) is 0. The summed E-state index contributed by atoms with van der Waals surface area (Å²) in [4.78, 5) is 26.5. The molecule has 3 heteroatoms. The molecule has 23 heavy (non-hydrogen) atoms. The molecule has 2 aromatic carbocycles. The van der Waals surface area contributed by atoms with Crippen LogP contribution >= 0.6 is 0 Å². The highest BCUT2D eigenvalue weighted by Crippen LogP contribution is 2.30. The van der Waals surface area contributed by atoms with Crippen LogP contribution in [0.5, 0.6) is 0 Å². The topological polar surface area (TPSA) is 37.4 Å². The van der Waals surface area contributed by atoms with E-state index in [-0.39, 0.29) is 11.8 Å². The van der Waals surface area contributed by atoms with Gasteiger partial charge in [0.25, 0.3) is 11.8 Å². The summed E-state index contributed by atoms with van der Waals surface area (Å²) in [5.41, 5.74) is 8.19. The van der Waals surface area contributed by atoms with E-state index in [1.807, 2.05) is 0 Å². The van der Waals surface area contributed by atoms with Crippen molar-refractivity contribution in [3.8, 4) is 0 Å². The van der Waals surface area contributed by atoms with Gasteiger partial charge in [0.1, 0.15) is 0 Å². The van der Waals surface area contributed by atoms with Crippen molar-refractivity contribution in [3.63, 3.8) is 0 Å². The molecule has 3 rings (SSSR count). The molecule has 0 saturated heterocycles. The standard InChI is InChI=1S/C20H21NO2/c1-11-12(2)14(4)18(15(5)13(11)3)10-21-19(22)16-8-6-7-9-17(16)20(21)23/h6-9H,10H2,1-5H3. The lowest BCUT2D eigenvalue weighted by atomic mass is 9.89. The normalized spacial score (nSPS) is 13.7. The van der Waals surface area contributed by atoms with Crippen molar-refractivity contribution in [1.29, 1.82) is 0 Å². The first-order valence-corrected chi connectivity index (χ1v) is 7.85. The molecule has 0 N–H and O–H groups in total. The van der Waals surface area contributed by atoms with E-state index in [0.29, 0.717) is 17.7 Å². The quantitative estimate of drug-likeness (QED) is 0.786. The van der Waals surface area contributed by atoms with Crippen LogP contribution in [0.25, 0.3) is 0 Å². The fourth-order valence-electron chi connectivity index (χ4n) is 3.36. The minimum Gasteiger partial charge on any atom is -0.270 e. The number of amides is 2. The molecule has 118 valence electrons. The second-order valence-electron chi connectivity index (χ2n) is 6.35. The molecule has 0 saturated carbocycles. The van der Waals surface area contributed by atoms with Gasteiger partial charge in [-0.1, -0.05) is 12.1 Å².